The monoisotopic (exact) mass is 465 g/mol. The molecule has 6 heteroatoms. The third-order valence-corrected chi connectivity index (χ3v) is 4.04. The van der Waals surface area contributed by atoms with E-state index in [1.807, 2.05) is 24.3 Å². The molecule has 0 aliphatic rings. The molecule has 0 unspecified atom stereocenters. The maximum Gasteiger partial charge on any atom is 0.191 e. The van der Waals surface area contributed by atoms with Crippen LogP contribution in [0.1, 0.15) is 11.3 Å². The third-order valence-electron chi connectivity index (χ3n) is 4.04. The first-order valence-corrected chi connectivity index (χ1v) is 8.32. The first-order chi connectivity index (χ1) is 12.3. The van der Waals surface area contributed by atoms with Gasteiger partial charge in [-0.25, -0.2) is 0 Å². The number of ether oxygens (including phenoxy) is 1. The molecule has 0 spiro atoms. The largest absolute Gasteiger partial charge is 0.497 e. The van der Waals surface area contributed by atoms with Gasteiger partial charge in [0.05, 0.1) is 13.4 Å². The Morgan fingerprint density at radius 3 is 2.62 bits per heavy atom. The molecule has 26 heavy (non-hydrogen) atoms. The number of methoxy groups -OCH3 is 1. The molecule has 0 aliphatic heterocycles. The minimum Gasteiger partial charge on any atom is -0.497 e. The maximum absolute atomic E-state index is 5.33. The molecular weight excluding hydrogens is 441 g/mol. The van der Waals surface area contributed by atoms with Crippen molar-refractivity contribution in [3.8, 4) is 5.75 Å². The summed E-state index contributed by atoms with van der Waals surface area (Å²) in [5, 5.41) is 8.99. The van der Waals surface area contributed by atoms with Gasteiger partial charge in [0.1, 0.15) is 11.5 Å². The molecule has 3 aromatic rings. The van der Waals surface area contributed by atoms with Gasteiger partial charge in [-0.05, 0) is 46.7 Å². The standard InChI is InChI=1S/C20H23N3O2.HI/c1-21-20(22-10-9-18-4-3-11-25-18)23-14-15-5-6-17-13-19(24-2)8-7-16(17)12-15;/h3-8,11-13H,9-10,14H2,1-2H3,(H2,21,22,23);1H. The normalized spacial score (nSPS) is 11.1. The van der Waals surface area contributed by atoms with Gasteiger partial charge in [-0.15, -0.1) is 24.0 Å². The molecular formula is C20H24IN3O2. The van der Waals surface area contributed by atoms with Crippen LogP contribution in [-0.4, -0.2) is 26.7 Å². The average Bonchev–Trinajstić information content (AvgIpc) is 3.17. The molecule has 0 fully saturated rings. The SMILES string of the molecule is CN=C(NCCc1ccco1)NCc1ccc2cc(OC)ccc2c1.I. The van der Waals surface area contributed by atoms with Crippen molar-refractivity contribution in [3.05, 3.63) is 66.1 Å². The molecule has 0 saturated carbocycles. The van der Waals surface area contributed by atoms with Crippen LogP contribution in [0.3, 0.4) is 0 Å². The van der Waals surface area contributed by atoms with Crippen LogP contribution < -0.4 is 15.4 Å². The Labute approximate surface area is 170 Å². The second kappa shape index (κ2) is 10.1. The summed E-state index contributed by atoms with van der Waals surface area (Å²) in [4.78, 5) is 4.25. The number of guanidine groups is 1. The lowest BCUT2D eigenvalue weighted by Crippen LogP contribution is -2.37. The van der Waals surface area contributed by atoms with Crippen molar-refractivity contribution >= 4 is 40.7 Å². The molecule has 1 aromatic heterocycles. The molecule has 2 aromatic carbocycles. The van der Waals surface area contributed by atoms with Gasteiger partial charge in [0.25, 0.3) is 0 Å². The second-order valence-corrected chi connectivity index (χ2v) is 5.73. The Morgan fingerprint density at radius 2 is 1.88 bits per heavy atom. The number of hydrogen-bond donors (Lipinski definition) is 2. The molecule has 0 radical (unpaired) electrons. The molecule has 0 atom stereocenters. The topological polar surface area (TPSA) is 58.8 Å². The van der Waals surface area contributed by atoms with Gasteiger partial charge in [-0.2, -0.15) is 0 Å². The summed E-state index contributed by atoms with van der Waals surface area (Å²) in [5.41, 5.74) is 1.20. The number of nitrogens with zero attached hydrogens (tertiary/aromatic N) is 1. The van der Waals surface area contributed by atoms with Gasteiger partial charge in [0.15, 0.2) is 5.96 Å². The number of fused-ring (bicyclic) bond motifs is 1. The highest BCUT2D eigenvalue weighted by Crippen LogP contribution is 2.21. The van der Waals surface area contributed by atoms with Crippen molar-refractivity contribution in [2.45, 2.75) is 13.0 Å². The quantitative estimate of drug-likeness (QED) is 0.329. The van der Waals surface area contributed by atoms with Crippen molar-refractivity contribution in [2.75, 3.05) is 20.7 Å². The van der Waals surface area contributed by atoms with E-state index in [-0.39, 0.29) is 24.0 Å². The van der Waals surface area contributed by atoms with Crippen LogP contribution in [0.2, 0.25) is 0 Å². The minimum absolute atomic E-state index is 0. The summed E-state index contributed by atoms with van der Waals surface area (Å²) in [6.45, 7) is 1.48. The van der Waals surface area contributed by atoms with E-state index < -0.39 is 0 Å². The molecule has 0 bridgehead atoms. The molecule has 0 saturated heterocycles. The van der Waals surface area contributed by atoms with Crippen molar-refractivity contribution in [1.29, 1.82) is 0 Å². The first-order valence-electron chi connectivity index (χ1n) is 8.32. The lowest BCUT2D eigenvalue weighted by atomic mass is 10.1. The van der Waals surface area contributed by atoms with Gasteiger partial charge in [-0.1, -0.05) is 18.2 Å². The minimum atomic E-state index is 0. The maximum atomic E-state index is 5.33. The number of rotatable bonds is 6. The lowest BCUT2D eigenvalue weighted by Gasteiger charge is -2.12. The summed E-state index contributed by atoms with van der Waals surface area (Å²) in [5.74, 6) is 2.62. The summed E-state index contributed by atoms with van der Waals surface area (Å²) in [7, 11) is 3.46. The number of halogens is 1. The Morgan fingerprint density at radius 1 is 1.08 bits per heavy atom. The highest BCUT2D eigenvalue weighted by atomic mass is 127. The Balaban J connectivity index is 0.00000243. The molecule has 0 aliphatic carbocycles. The third kappa shape index (κ3) is 5.39. The van der Waals surface area contributed by atoms with Gasteiger partial charge < -0.3 is 19.8 Å². The Kier molecular flexibility index (Phi) is 7.77. The van der Waals surface area contributed by atoms with Crippen molar-refractivity contribution in [2.24, 2.45) is 4.99 Å². The number of aliphatic imine (C=N–C) groups is 1. The Hall–Kier alpha value is -2.22. The molecule has 0 amide bonds. The van der Waals surface area contributed by atoms with Crippen molar-refractivity contribution in [1.82, 2.24) is 10.6 Å². The predicted molar refractivity (Wildman–Crippen MR) is 117 cm³/mol. The number of furan rings is 1. The summed E-state index contributed by atoms with van der Waals surface area (Å²) < 4.78 is 10.6. The summed E-state index contributed by atoms with van der Waals surface area (Å²) in [6.07, 6.45) is 2.52. The zero-order chi connectivity index (χ0) is 17.5. The zero-order valence-corrected chi connectivity index (χ0v) is 17.3. The van der Waals surface area contributed by atoms with Crippen LogP contribution in [0, 0.1) is 0 Å². The first kappa shape index (κ1) is 20.1. The van der Waals surface area contributed by atoms with E-state index in [4.69, 9.17) is 9.15 Å². The van der Waals surface area contributed by atoms with E-state index in [2.05, 4.69) is 39.9 Å². The lowest BCUT2D eigenvalue weighted by molar-refractivity contribution is 0.415. The van der Waals surface area contributed by atoms with Crippen LogP contribution in [0.4, 0.5) is 0 Å². The van der Waals surface area contributed by atoms with Gasteiger partial charge >= 0.3 is 0 Å². The van der Waals surface area contributed by atoms with Crippen molar-refractivity contribution < 1.29 is 9.15 Å². The van der Waals surface area contributed by atoms with Crippen LogP contribution in [0.15, 0.2) is 64.2 Å². The number of benzene rings is 2. The average molecular weight is 465 g/mol. The van der Waals surface area contributed by atoms with Gasteiger partial charge in [0, 0.05) is 26.6 Å². The molecule has 1 heterocycles. The Bertz CT molecular complexity index is 847. The van der Waals surface area contributed by atoms with Crippen LogP contribution in [0.25, 0.3) is 10.8 Å². The van der Waals surface area contributed by atoms with E-state index in [1.165, 1.54) is 16.3 Å². The molecule has 2 N–H and O–H groups in total. The fourth-order valence-corrected chi connectivity index (χ4v) is 2.68. The summed E-state index contributed by atoms with van der Waals surface area (Å²) >= 11 is 0. The molecule has 138 valence electrons. The second-order valence-electron chi connectivity index (χ2n) is 5.73. The number of hydrogen-bond acceptors (Lipinski definition) is 3. The smallest absolute Gasteiger partial charge is 0.191 e. The van der Waals surface area contributed by atoms with E-state index in [1.54, 1.807) is 20.4 Å². The van der Waals surface area contributed by atoms with Crippen LogP contribution in [-0.2, 0) is 13.0 Å². The van der Waals surface area contributed by atoms with E-state index in [0.29, 0.717) is 6.54 Å². The molecule has 5 nitrogen and oxygen atoms in total. The van der Waals surface area contributed by atoms with Crippen LogP contribution in [0.5, 0.6) is 5.75 Å². The molecule has 3 rings (SSSR count). The van der Waals surface area contributed by atoms with E-state index >= 15 is 0 Å². The van der Waals surface area contributed by atoms with Crippen molar-refractivity contribution in [3.63, 3.8) is 0 Å². The fraction of sp³-hybridized carbons (Fsp3) is 0.250. The summed E-state index contributed by atoms with van der Waals surface area (Å²) in [6, 6.07) is 16.4. The highest BCUT2D eigenvalue weighted by Gasteiger charge is 2.02. The van der Waals surface area contributed by atoms with E-state index in [0.717, 1.165) is 30.4 Å². The van der Waals surface area contributed by atoms with Gasteiger partial charge in [0.2, 0.25) is 0 Å². The van der Waals surface area contributed by atoms with Crippen LogP contribution >= 0.6 is 24.0 Å². The fourth-order valence-electron chi connectivity index (χ4n) is 2.68. The zero-order valence-electron chi connectivity index (χ0n) is 15.0. The highest BCUT2D eigenvalue weighted by molar-refractivity contribution is 14.0. The predicted octanol–water partition coefficient (Wildman–Crippen LogP) is 3.97. The number of nitrogens with one attached hydrogen (secondary N) is 2. The van der Waals surface area contributed by atoms with Gasteiger partial charge in [-0.3, -0.25) is 4.99 Å². The van der Waals surface area contributed by atoms with E-state index in [9.17, 15) is 0 Å².